The number of H-pyrrole nitrogens is 1. The zero-order valence-corrected chi connectivity index (χ0v) is 10.8. The minimum Gasteiger partial charge on any atom is -0.486 e. The number of aromatic nitrogens is 2. The summed E-state index contributed by atoms with van der Waals surface area (Å²) in [6.07, 6.45) is 2.18. The summed E-state index contributed by atoms with van der Waals surface area (Å²) in [6.45, 7) is 0.383. The van der Waals surface area contributed by atoms with Crippen molar-refractivity contribution >= 4 is 17.3 Å². The van der Waals surface area contributed by atoms with Gasteiger partial charge in [-0.15, -0.1) is 0 Å². The van der Waals surface area contributed by atoms with E-state index in [4.69, 9.17) is 4.74 Å². The number of hydrogen-bond acceptors (Lipinski definition) is 3. The van der Waals surface area contributed by atoms with E-state index in [-0.39, 0.29) is 0 Å². The summed E-state index contributed by atoms with van der Waals surface area (Å²) in [5, 5.41) is 0. The Bertz CT molecular complexity index is 684. The Balaban J connectivity index is 1.67. The molecule has 3 rings (SSSR count). The summed E-state index contributed by atoms with van der Waals surface area (Å²) >= 11 is 0. The van der Waals surface area contributed by atoms with Gasteiger partial charge in [-0.25, -0.2) is 4.98 Å². The highest BCUT2D eigenvalue weighted by molar-refractivity contribution is 5.74. The number of fused-ring (bicyclic) bond motifs is 1. The van der Waals surface area contributed by atoms with Gasteiger partial charge in [0.05, 0.1) is 11.0 Å². The molecule has 1 heterocycles. The fourth-order valence-corrected chi connectivity index (χ4v) is 2.01. The maximum Gasteiger partial charge on any atom is 0.203 e. The van der Waals surface area contributed by atoms with Gasteiger partial charge in [-0.3, -0.25) is 4.79 Å². The van der Waals surface area contributed by atoms with E-state index < -0.39 is 0 Å². The van der Waals surface area contributed by atoms with E-state index >= 15 is 0 Å². The van der Waals surface area contributed by atoms with Crippen molar-refractivity contribution in [2.75, 3.05) is 0 Å². The Labute approximate surface area is 116 Å². The van der Waals surface area contributed by atoms with E-state index in [0.717, 1.165) is 28.2 Å². The largest absolute Gasteiger partial charge is 0.486 e. The van der Waals surface area contributed by atoms with Crippen LogP contribution in [-0.4, -0.2) is 16.3 Å². The lowest BCUT2D eigenvalue weighted by Gasteiger charge is -2.04. The molecule has 0 aliphatic rings. The van der Waals surface area contributed by atoms with Gasteiger partial charge < -0.3 is 9.72 Å². The van der Waals surface area contributed by atoms with E-state index in [1.807, 2.05) is 54.8 Å². The second kappa shape index (κ2) is 5.57. The average Bonchev–Trinajstić information content (AvgIpc) is 2.90. The molecule has 2 aromatic carbocycles. The lowest BCUT2D eigenvalue weighted by atomic mass is 10.2. The molecule has 0 saturated heterocycles. The molecule has 99 valence electrons. The molecule has 0 aliphatic carbocycles. The van der Waals surface area contributed by atoms with Gasteiger partial charge in [0.15, 0.2) is 0 Å². The Kier molecular flexibility index (Phi) is 3.46. The molecule has 1 aromatic heterocycles. The van der Waals surface area contributed by atoms with Gasteiger partial charge in [0.25, 0.3) is 0 Å². The Morgan fingerprint density at radius 3 is 2.65 bits per heavy atom. The van der Waals surface area contributed by atoms with Crippen LogP contribution in [0.5, 0.6) is 5.75 Å². The zero-order valence-electron chi connectivity index (χ0n) is 10.8. The van der Waals surface area contributed by atoms with Crippen LogP contribution in [0.3, 0.4) is 0 Å². The highest BCUT2D eigenvalue weighted by Crippen LogP contribution is 2.15. The number of para-hydroxylation sites is 2. The number of carbonyl (C=O) groups excluding carboxylic acids is 1. The molecule has 4 nitrogen and oxygen atoms in total. The molecule has 0 amide bonds. The Morgan fingerprint density at radius 1 is 1.10 bits per heavy atom. The molecule has 0 aliphatic heterocycles. The first-order valence-electron chi connectivity index (χ1n) is 6.35. The molecule has 3 aromatic rings. The van der Waals surface area contributed by atoms with Crippen molar-refractivity contribution in [3.05, 3.63) is 59.9 Å². The topological polar surface area (TPSA) is 55.0 Å². The molecule has 0 unspecified atom stereocenters. The van der Waals surface area contributed by atoms with Gasteiger partial charge in [-0.05, 0) is 29.8 Å². The van der Waals surface area contributed by atoms with Crippen molar-refractivity contribution in [2.24, 2.45) is 0 Å². The number of ether oxygens (including phenoxy) is 1. The summed E-state index contributed by atoms with van der Waals surface area (Å²) in [4.78, 5) is 17.9. The predicted octanol–water partition coefficient (Wildman–Crippen LogP) is 2.79. The molecule has 20 heavy (non-hydrogen) atoms. The molecule has 0 saturated carbocycles. The summed E-state index contributed by atoms with van der Waals surface area (Å²) in [6, 6.07) is 15.3. The standard InChI is InChI=1S/C16H13N2O2/c19-10-9-12-5-7-13(8-6-12)20-11-16-17-14-3-1-2-4-15(14)18-16/h1-8H,9,11H2,(H,17,18). The highest BCUT2D eigenvalue weighted by atomic mass is 16.5. The van der Waals surface area contributed by atoms with E-state index in [9.17, 15) is 4.79 Å². The summed E-state index contributed by atoms with van der Waals surface area (Å²) in [7, 11) is 0. The lowest BCUT2D eigenvalue weighted by molar-refractivity contribution is 0.297. The third kappa shape index (κ3) is 2.69. The maximum absolute atomic E-state index is 10.3. The molecule has 0 atom stereocenters. The summed E-state index contributed by atoms with van der Waals surface area (Å²) in [5.74, 6) is 1.54. The van der Waals surface area contributed by atoms with Crippen LogP contribution in [0.15, 0.2) is 48.5 Å². The SMILES string of the molecule is O=[C]Cc1ccc(OCc2nc3ccccc3[nH]2)cc1. The monoisotopic (exact) mass is 265 g/mol. The van der Waals surface area contributed by atoms with E-state index in [2.05, 4.69) is 9.97 Å². The molecule has 0 spiro atoms. The second-order valence-electron chi connectivity index (χ2n) is 4.45. The number of rotatable bonds is 5. The van der Waals surface area contributed by atoms with Crippen LogP contribution in [0.1, 0.15) is 11.4 Å². The van der Waals surface area contributed by atoms with Gasteiger partial charge in [-0.1, -0.05) is 24.3 Å². The predicted molar refractivity (Wildman–Crippen MR) is 76.3 cm³/mol. The van der Waals surface area contributed by atoms with Gasteiger partial charge in [0, 0.05) is 6.42 Å². The smallest absolute Gasteiger partial charge is 0.203 e. The van der Waals surface area contributed by atoms with Crippen LogP contribution < -0.4 is 4.74 Å². The van der Waals surface area contributed by atoms with Crippen molar-refractivity contribution in [3.8, 4) is 5.75 Å². The van der Waals surface area contributed by atoms with Crippen LogP contribution in [0.25, 0.3) is 11.0 Å². The molecule has 1 N–H and O–H groups in total. The lowest BCUT2D eigenvalue weighted by Crippen LogP contribution is -1.97. The fourth-order valence-electron chi connectivity index (χ4n) is 2.01. The Morgan fingerprint density at radius 2 is 1.90 bits per heavy atom. The quantitative estimate of drug-likeness (QED) is 0.771. The number of imidazole rings is 1. The van der Waals surface area contributed by atoms with Crippen molar-refractivity contribution in [2.45, 2.75) is 13.0 Å². The van der Waals surface area contributed by atoms with Gasteiger partial charge in [0.2, 0.25) is 6.29 Å². The number of nitrogens with zero attached hydrogens (tertiary/aromatic N) is 1. The Hall–Kier alpha value is -2.62. The first-order chi connectivity index (χ1) is 9.85. The molecular formula is C16H13N2O2. The third-order valence-corrected chi connectivity index (χ3v) is 3.01. The summed E-state index contributed by atoms with van der Waals surface area (Å²) < 4.78 is 5.66. The number of aromatic amines is 1. The normalized spacial score (nSPS) is 10.6. The van der Waals surface area contributed by atoms with Crippen LogP contribution in [-0.2, 0) is 17.8 Å². The minimum atomic E-state index is 0.309. The minimum absolute atomic E-state index is 0.309. The van der Waals surface area contributed by atoms with Gasteiger partial charge in [0.1, 0.15) is 18.2 Å². The van der Waals surface area contributed by atoms with E-state index in [1.165, 1.54) is 0 Å². The van der Waals surface area contributed by atoms with Crippen molar-refractivity contribution < 1.29 is 9.53 Å². The molecule has 0 bridgehead atoms. The second-order valence-corrected chi connectivity index (χ2v) is 4.45. The zero-order chi connectivity index (χ0) is 13.8. The van der Waals surface area contributed by atoms with Crippen LogP contribution in [0.4, 0.5) is 0 Å². The highest BCUT2D eigenvalue weighted by Gasteiger charge is 2.03. The molecular weight excluding hydrogens is 252 g/mol. The van der Waals surface area contributed by atoms with E-state index in [0.29, 0.717) is 13.0 Å². The van der Waals surface area contributed by atoms with Crippen LogP contribution in [0, 0.1) is 0 Å². The molecule has 1 radical (unpaired) electrons. The fraction of sp³-hybridized carbons (Fsp3) is 0.125. The van der Waals surface area contributed by atoms with Crippen LogP contribution in [0.2, 0.25) is 0 Å². The molecule has 4 heteroatoms. The maximum atomic E-state index is 10.3. The number of nitrogens with one attached hydrogen (secondary N) is 1. The first kappa shape index (κ1) is 12.4. The average molecular weight is 265 g/mol. The number of benzene rings is 2. The van der Waals surface area contributed by atoms with Crippen molar-refractivity contribution in [1.82, 2.24) is 9.97 Å². The van der Waals surface area contributed by atoms with Crippen molar-refractivity contribution in [3.63, 3.8) is 0 Å². The van der Waals surface area contributed by atoms with Crippen LogP contribution >= 0.6 is 0 Å². The summed E-state index contributed by atoms with van der Waals surface area (Å²) in [5.41, 5.74) is 2.86. The van der Waals surface area contributed by atoms with Gasteiger partial charge >= 0.3 is 0 Å². The third-order valence-electron chi connectivity index (χ3n) is 3.01. The van der Waals surface area contributed by atoms with E-state index in [1.54, 1.807) is 0 Å². The number of hydrogen-bond donors (Lipinski definition) is 1. The first-order valence-corrected chi connectivity index (χ1v) is 6.35. The molecule has 0 fully saturated rings. The van der Waals surface area contributed by atoms with Crippen molar-refractivity contribution in [1.29, 1.82) is 0 Å². The van der Waals surface area contributed by atoms with Gasteiger partial charge in [-0.2, -0.15) is 0 Å².